The highest BCUT2D eigenvalue weighted by atomic mass is 32.2. The molecule has 1 saturated carbocycles. The molecular formula is C15H20N2O2S. The summed E-state index contributed by atoms with van der Waals surface area (Å²) in [7, 11) is -1.74. The van der Waals surface area contributed by atoms with E-state index in [1.807, 2.05) is 0 Å². The molecule has 4 nitrogen and oxygen atoms in total. The molecule has 0 heterocycles. The largest absolute Gasteiger partial charge is 0.243 e. The Labute approximate surface area is 121 Å². The van der Waals surface area contributed by atoms with Gasteiger partial charge in [0.15, 0.2) is 0 Å². The van der Waals surface area contributed by atoms with Gasteiger partial charge in [0.2, 0.25) is 10.0 Å². The van der Waals surface area contributed by atoms with Crippen LogP contribution in [0, 0.1) is 11.3 Å². The van der Waals surface area contributed by atoms with Gasteiger partial charge in [-0.05, 0) is 30.5 Å². The number of sulfonamides is 1. The Bertz CT molecular complexity index is 581. The van der Waals surface area contributed by atoms with E-state index in [0.29, 0.717) is 11.3 Å². The highest BCUT2D eigenvalue weighted by Crippen LogP contribution is 2.26. The lowest BCUT2D eigenvalue weighted by atomic mass is 9.96. The van der Waals surface area contributed by atoms with Gasteiger partial charge in [-0.3, -0.25) is 0 Å². The van der Waals surface area contributed by atoms with Crippen molar-refractivity contribution in [2.75, 3.05) is 7.05 Å². The first kappa shape index (κ1) is 15.0. The van der Waals surface area contributed by atoms with Crippen molar-refractivity contribution in [1.82, 2.24) is 4.31 Å². The lowest BCUT2D eigenvalue weighted by Gasteiger charge is -2.30. The molecule has 108 valence electrons. The highest BCUT2D eigenvalue weighted by molar-refractivity contribution is 7.89. The van der Waals surface area contributed by atoms with Crippen LogP contribution in [0.3, 0.4) is 0 Å². The van der Waals surface area contributed by atoms with E-state index < -0.39 is 10.0 Å². The van der Waals surface area contributed by atoms with Crippen molar-refractivity contribution in [2.24, 2.45) is 0 Å². The molecule has 0 radical (unpaired) electrons. The second-order valence-corrected chi connectivity index (χ2v) is 7.29. The fourth-order valence-electron chi connectivity index (χ4n) is 2.68. The molecule has 20 heavy (non-hydrogen) atoms. The summed E-state index contributed by atoms with van der Waals surface area (Å²) in [5.74, 6) is 0. The predicted octanol–water partition coefficient (Wildman–Crippen LogP) is 2.71. The summed E-state index contributed by atoms with van der Waals surface area (Å²) in [6.45, 7) is 0. The summed E-state index contributed by atoms with van der Waals surface area (Å²) in [5.41, 5.74) is 0.840. The Hall–Kier alpha value is -1.38. The lowest BCUT2D eigenvalue weighted by Crippen LogP contribution is -2.38. The van der Waals surface area contributed by atoms with E-state index in [-0.39, 0.29) is 6.04 Å². The molecule has 1 aromatic rings. The molecule has 0 N–H and O–H groups in total. The monoisotopic (exact) mass is 292 g/mol. The van der Waals surface area contributed by atoms with Crippen LogP contribution in [0.2, 0.25) is 0 Å². The van der Waals surface area contributed by atoms with Gasteiger partial charge in [-0.25, -0.2) is 8.42 Å². The molecule has 0 atom stereocenters. The Morgan fingerprint density at radius 2 is 1.80 bits per heavy atom. The van der Waals surface area contributed by atoms with Crippen LogP contribution in [0.15, 0.2) is 29.2 Å². The zero-order chi connectivity index (χ0) is 14.6. The number of hydrogen-bond donors (Lipinski definition) is 0. The van der Waals surface area contributed by atoms with Crippen LogP contribution in [0.25, 0.3) is 0 Å². The first-order valence-corrected chi connectivity index (χ1v) is 8.43. The zero-order valence-corrected chi connectivity index (χ0v) is 12.6. The fourth-order valence-corrected chi connectivity index (χ4v) is 4.09. The molecule has 0 aliphatic heterocycles. The molecular weight excluding hydrogens is 272 g/mol. The average Bonchev–Trinajstić information content (AvgIpc) is 2.48. The Morgan fingerprint density at radius 1 is 1.20 bits per heavy atom. The summed E-state index contributed by atoms with van der Waals surface area (Å²) in [6, 6.07) is 8.80. The maximum atomic E-state index is 12.6. The van der Waals surface area contributed by atoms with E-state index >= 15 is 0 Å². The summed E-state index contributed by atoms with van der Waals surface area (Å²) >= 11 is 0. The zero-order valence-electron chi connectivity index (χ0n) is 11.7. The molecule has 1 fully saturated rings. The maximum Gasteiger partial charge on any atom is 0.243 e. The smallest absolute Gasteiger partial charge is 0.207 e. The Morgan fingerprint density at radius 3 is 2.35 bits per heavy atom. The highest BCUT2D eigenvalue weighted by Gasteiger charge is 2.28. The van der Waals surface area contributed by atoms with Crippen molar-refractivity contribution in [3.63, 3.8) is 0 Å². The minimum Gasteiger partial charge on any atom is -0.207 e. The summed E-state index contributed by atoms with van der Waals surface area (Å²) < 4.78 is 26.6. The third-order valence-corrected chi connectivity index (χ3v) is 5.90. The van der Waals surface area contributed by atoms with Gasteiger partial charge in [-0.1, -0.05) is 31.4 Å². The van der Waals surface area contributed by atoms with Gasteiger partial charge >= 0.3 is 0 Å². The van der Waals surface area contributed by atoms with Crippen molar-refractivity contribution < 1.29 is 8.42 Å². The maximum absolute atomic E-state index is 12.6. The molecule has 1 aromatic carbocycles. The Kier molecular flexibility index (Phi) is 4.79. The van der Waals surface area contributed by atoms with Gasteiger partial charge in [-0.15, -0.1) is 0 Å². The van der Waals surface area contributed by atoms with E-state index in [1.54, 1.807) is 31.3 Å². The van der Waals surface area contributed by atoms with Crippen molar-refractivity contribution in [3.8, 4) is 6.07 Å². The molecule has 2 rings (SSSR count). The standard InChI is InChI=1S/C15H20N2O2S/c1-17(14-5-3-2-4-6-14)20(18,19)15-9-7-13(8-10-15)11-12-16/h7-10,14H,2-6,11H2,1H3. The van der Waals surface area contributed by atoms with Gasteiger partial charge in [0.25, 0.3) is 0 Å². The minimum absolute atomic E-state index is 0.118. The van der Waals surface area contributed by atoms with E-state index in [9.17, 15) is 8.42 Å². The van der Waals surface area contributed by atoms with Gasteiger partial charge in [0, 0.05) is 13.1 Å². The van der Waals surface area contributed by atoms with Crippen molar-refractivity contribution in [3.05, 3.63) is 29.8 Å². The second kappa shape index (κ2) is 6.38. The first-order valence-electron chi connectivity index (χ1n) is 6.99. The van der Waals surface area contributed by atoms with Crippen molar-refractivity contribution in [1.29, 1.82) is 5.26 Å². The van der Waals surface area contributed by atoms with E-state index in [2.05, 4.69) is 6.07 Å². The van der Waals surface area contributed by atoms with Crippen LogP contribution in [0.4, 0.5) is 0 Å². The van der Waals surface area contributed by atoms with E-state index in [0.717, 1.165) is 31.2 Å². The van der Waals surface area contributed by atoms with Crippen LogP contribution in [-0.2, 0) is 16.4 Å². The fraction of sp³-hybridized carbons (Fsp3) is 0.533. The van der Waals surface area contributed by atoms with E-state index in [4.69, 9.17) is 5.26 Å². The van der Waals surface area contributed by atoms with Crippen LogP contribution < -0.4 is 0 Å². The average molecular weight is 292 g/mol. The van der Waals surface area contributed by atoms with Gasteiger partial charge < -0.3 is 0 Å². The molecule has 0 bridgehead atoms. The number of benzene rings is 1. The molecule has 0 saturated heterocycles. The van der Waals surface area contributed by atoms with Crippen LogP contribution >= 0.6 is 0 Å². The van der Waals surface area contributed by atoms with Crippen LogP contribution in [0.1, 0.15) is 37.7 Å². The third-order valence-electron chi connectivity index (χ3n) is 3.97. The molecule has 1 aliphatic rings. The third kappa shape index (κ3) is 3.20. The topological polar surface area (TPSA) is 61.2 Å². The number of nitrogens with zero attached hydrogens (tertiary/aromatic N) is 2. The summed E-state index contributed by atoms with van der Waals surface area (Å²) in [4.78, 5) is 0.312. The van der Waals surface area contributed by atoms with Gasteiger partial charge in [0.1, 0.15) is 0 Å². The number of nitriles is 1. The van der Waals surface area contributed by atoms with Gasteiger partial charge in [0.05, 0.1) is 17.4 Å². The molecule has 0 unspecified atom stereocenters. The summed E-state index contributed by atoms with van der Waals surface area (Å²) in [6.07, 6.45) is 5.60. The normalized spacial score (nSPS) is 17.1. The molecule has 0 aromatic heterocycles. The molecule has 5 heteroatoms. The number of rotatable bonds is 4. The lowest BCUT2D eigenvalue weighted by molar-refractivity contribution is 0.286. The van der Waals surface area contributed by atoms with Crippen LogP contribution in [0.5, 0.6) is 0 Å². The first-order chi connectivity index (χ1) is 9.55. The molecule has 0 spiro atoms. The van der Waals surface area contributed by atoms with E-state index in [1.165, 1.54) is 10.7 Å². The van der Waals surface area contributed by atoms with Crippen molar-refractivity contribution >= 4 is 10.0 Å². The predicted molar refractivity (Wildman–Crippen MR) is 77.6 cm³/mol. The SMILES string of the molecule is CN(C1CCCCC1)S(=O)(=O)c1ccc(CC#N)cc1. The Balaban J connectivity index is 2.18. The van der Waals surface area contributed by atoms with Crippen LogP contribution in [-0.4, -0.2) is 25.8 Å². The number of hydrogen-bond acceptors (Lipinski definition) is 3. The molecule has 0 amide bonds. The summed E-state index contributed by atoms with van der Waals surface area (Å²) in [5, 5.41) is 8.63. The van der Waals surface area contributed by atoms with Crippen molar-refractivity contribution in [2.45, 2.75) is 49.5 Å². The van der Waals surface area contributed by atoms with Gasteiger partial charge in [-0.2, -0.15) is 9.57 Å². The quantitative estimate of drug-likeness (QED) is 0.857. The molecule has 1 aliphatic carbocycles. The minimum atomic E-state index is -3.42. The second-order valence-electron chi connectivity index (χ2n) is 5.29.